The quantitative estimate of drug-likeness (QED) is 0.392. The molecule has 0 radical (unpaired) electrons. The van der Waals surface area contributed by atoms with E-state index in [1.807, 2.05) is 31.2 Å². The Bertz CT molecular complexity index is 1700. The van der Waals surface area contributed by atoms with Gasteiger partial charge in [-0.25, -0.2) is 18.6 Å². The lowest BCUT2D eigenvalue weighted by molar-refractivity contribution is -0.182. The van der Waals surface area contributed by atoms with Gasteiger partial charge in [0.2, 0.25) is 15.9 Å². The summed E-state index contributed by atoms with van der Waals surface area (Å²) in [5.41, 5.74) is 3.03. The molecular formula is C32H42N6O8S. The predicted octanol–water partition coefficient (Wildman–Crippen LogP) is 1.04. The van der Waals surface area contributed by atoms with E-state index in [4.69, 9.17) is 14.5 Å². The van der Waals surface area contributed by atoms with Gasteiger partial charge in [-0.2, -0.15) is 4.31 Å². The predicted molar refractivity (Wildman–Crippen MR) is 173 cm³/mol. The molecule has 0 aliphatic carbocycles. The van der Waals surface area contributed by atoms with Crippen LogP contribution in [0, 0.1) is 5.92 Å². The number of hydrazine groups is 1. The number of carbonyl (C=O) groups excluding carboxylic acids is 4. The number of hydrogen-bond donors (Lipinski definition) is 3. The lowest BCUT2D eigenvalue weighted by atomic mass is 9.99. The van der Waals surface area contributed by atoms with E-state index in [2.05, 4.69) is 16.1 Å². The monoisotopic (exact) mass is 670 g/mol. The molecule has 3 N–H and O–H groups in total. The van der Waals surface area contributed by atoms with Gasteiger partial charge in [0.1, 0.15) is 12.1 Å². The van der Waals surface area contributed by atoms with Crippen molar-refractivity contribution in [3.8, 4) is 0 Å². The van der Waals surface area contributed by atoms with Crippen molar-refractivity contribution in [2.24, 2.45) is 5.92 Å². The minimum Gasteiger partial charge on any atom is -0.450 e. The number of ether oxygens (including phenoxy) is 2. The Hall–Kier alpha value is -3.92. The second-order valence-electron chi connectivity index (χ2n) is 12.7. The zero-order chi connectivity index (χ0) is 34.1. The minimum absolute atomic E-state index is 0.0399. The smallest absolute Gasteiger partial charge is 0.344 e. The van der Waals surface area contributed by atoms with Gasteiger partial charge in [-0.05, 0) is 56.4 Å². The maximum atomic E-state index is 14.0. The van der Waals surface area contributed by atoms with Crippen LogP contribution < -0.4 is 16.1 Å². The maximum Gasteiger partial charge on any atom is 0.344 e. The average Bonchev–Trinajstić information content (AvgIpc) is 3.04. The lowest BCUT2D eigenvalue weighted by Crippen LogP contribution is -2.61. The Balaban J connectivity index is 1.57. The number of rotatable bonds is 2. The Kier molecular flexibility index (Phi) is 10.0. The molecule has 1 spiro atoms. The first-order valence-corrected chi connectivity index (χ1v) is 17.6. The normalized spacial score (nSPS) is 28.8. The van der Waals surface area contributed by atoms with Crippen LogP contribution in [0.1, 0.15) is 57.8 Å². The zero-order valence-corrected chi connectivity index (χ0v) is 28.0. The van der Waals surface area contributed by atoms with Crippen molar-refractivity contribution in [2.45, 2.75) is 70.4 Å². The van der Waals surface area contributed by atoms with Gasteiger partial charge in [0.15, 0.2) is 11.7 Å². The van der Waals surface area contributed by atoms with E-state index >= 15 is 0 Å². The Morgan fingerprint density at radius 2 is 1.72 bits per heavy atom. The molecule has 5 bridgehead atoms. The molecule has 0 saturated carbocycles. The third-order valence-corrected chi connectivity index (χ3v) is 9.86. The van der Waals surface area contributed by atoms with Crippen LogP contribution in [0.2, 0.25) is 0 Å². The number of nitrogens with zero attached hydrogens (tertiary/aromatic N) is 3. The third kappa shape index (κ3) is 7.64. The molecule has 254 valence electrons. The van der Waals surface area contributed by atoms with E-state index in [1.165, 1.54) is 18.0 Å². The summed E-state index contributed by atoms with van der Waals surface area (Å²) in [6.07, 6.45) is 3.87. The molecule has 5 unspecified atom stereocenters. The number of esters is 1. The fraction of sp³-hybridized carbons (Fsp3) is 0.531. The molecule has 2 aromatic rings. The molecule has 14 nitrogen and oxygen atoms in total. The van der Waals surface area contributed by atoms with Crippen LogP contribution in [0.3, 0.4) is 0 Å². The molecular weight excluding hydrogens is 628 g/mol. The van der Waals surface area contributed by atoms with Crippen LogP contribution >= 0.6 is 0 Å². The van der Waals surface area contributed by atoms with Crippen LogP contribution in [0.15, 0.2) is 36.4 Å². The van der Waals surface area contributed by atoms with Crippen LogP contribution in [0.25, 0.3) is 17.0 Å². The summed E-state index contributed by atoms with van der Waals surface area (Å²) in [5, 5.41) is 7.80. The van der Waals surface area contributed by atoms with E-state index in [0.717, 1.165) is 15.9 Å². The number of nitrogens with one attached hydrogen (secondary N) is 3. The highest BCUT2D eigenvalue weighted by Gasteiger charge is 2.47. The number of fused-ring (bicyclic) bond motifs is 4. The van der Waals surface area contributed by atoms with Crippen molar-refractivity contribution >= 4 is 50.7 Å². The number of cyclic esters (lactones) is 1. The van der Waals surface area contributed by atoms with E-state index in [9.17, 15) is 27.6 Å². The Morgan fingerprint density at radius 3 is 2.45 bits per heavy atom. The number of carbonyl (C=O) groups is 4. The topological polar surface area (TPSA) is 176 Å². The number of aromatic nitrogens is 1. The second-order valence-corrected chi connectivity index (χ2v) is 14.7. The fourth-order valence-corrected chi connectivity index (χ4v) is 6.67. The first-order chi connectivity index (χ1) is 22.2. The van der Waals surface area contributed by atoms with Crippen molar-refractivity contribution in [2.75, 3.05) is 32.5 Å². The molecule has 3 aliphatic heterocycles. The van der Waals surface area contributed by atoms with Crippen molar-refractivity contribution in [1.82, 2.24) is 30.4 Å². The first-order valence-electron chi connectivity index (χ1n) is 15.8. The summed E-state index contributed by atoms with van der Waals surface area (Å²) in [6, 6.07) is 7.07. The van der Waals surface area contributed by atoms with E-state index < -0.39 is 63.6 Å². The summed E-state index contributed by atoms with van der Waals surface area (Å²) in [5.74, 6) is -2.91. The molecule has 1 aromatic carbocycles. The summed E-state index contributed by atoms with van der Waals surface area (Å²) < 4.78 is 38.0. The third-order valence-electron chi connectivity index (χ3n) is 8.61. The standard InChI is InChI=1S/C32H42N6O8S/c1-19(2)27-29(40)34-21(4)30(41)38-14-6-7-25(36-38)28(39)33-20(3)24-11-10-23-9-8-22(17-26(23)35-24)12-13-32(31(42)46-27)18-37(15-16-45-32)47(5,43)44/h8-13,17,19-21,25,27,36H,6-7,14-16,18H2,1-5H3,(H,33,39)(H,34,40). The number of morpholine rings is 1. The zero-order valence-electron chi connectivity index (χ0n) is 27.2. The summed E-state index contributed by atoms with van der Waals surface area (Å²) in [4.78, 5) is 58.9. The summed E-state index contributed by atoms with van der Waals surface area (Å²) in [6.45, 7) is 6.62. The van der Waals surface area contributed by atoms with Crippen LogP contribution in [0.5, 0.6) is 0 Å². The first kappa shape index (κ1) is 34.4. The number of benzene rings is 1. The highest BCUT2D eigenvalue weighted by atomic mass is 32.2. The second kappa shape index (κ2) is 13.7. The molecule has 1 aromatic heterocycles. The Labute approximate surface area is 274 Å². The maximum absolute atomic E-state index is 14.0. The van der Waals surface area contributed by atoms with Crippen LogP contribution in [-0.4, -0.2) is 103 Å². The lowest BCUT2D eigenvalue weighted by Gasteiger charge is -2.39. The van der Waals surface area contributed by atoms with Gasteiger partial charge < -0.3 is 20.1 Å². The highest BCUT2D eigenvalue weighted by Crippen LogP contribution is 2.27. The highest BCUT2D eigenvalue weighted by molar-refractivity contribution is 7.88. The molecule has 3 amide bonds. The van der Waals surface area contributed by atoms with Gasteiger partial charge in [0.05, 0.1) is 36.7 Å². The Morgan fingerprint density at radius 1 is 1.00 bits per heavy atom. The molecule has 3 aliphatic rings. The molecule has 5 rings (SSSR count). The fourth-order valence-electron chi connectivity index (χ4n) is 5.84. The molecule has 15 heteroatoms. The summed E-state index contributed by atoms with van der Waals surface area (Å²) in [7, 11) is -3.71. The number of amides is 3. The molecule has 5 atom stereocenters. The minimum atomic E-state index is -3.71. The van der Waals surface area contributed by atoms with Gasteiger partial charge in [0, 0.05) is 18.5 Å². The van der Waals surface area contributed by atoms with E-state index in [-0.39, 0.29) is 25.6 Å². The molecule has 2 saturated heterocycles. The summed E-state index contributed by atoms with van der Waals surface area (Å²) >= 11 is 0. The number of hydrogen-bond acceptors (Lipinski definition) is 10. The average molecular weight is 671 g/mol. The van der Waals surface area contributed by atoms with Crippen molar-refractivity contribution in [3.05, 3.63) is 47.7 Å². The molecule has 2 fully saturated rings. The number of sulfonamides is 1. The largest absolute Gasteiger partial charge is 0.450 e. The number of pyridine rings is 1. The van der Waals surface area contributed by atoms with Crippen molar-refractivity contribution in [1.29, 1.82) is 0 Å². The van der Waals surface area contributed by atoms with E-state index in [1.54, 1.807) is 26.0 Å². The van der Waals surface area contributed by atoms with Gasteiger partial charge in [-0.1, -0.05) is 38.1 Å². The van der Waals surface area contributed by atoms with Crippen molar-refractivity contribution in [3.63, 3.8) is 0 Å². The molecule has 47 heavy (non-hydrogen) atoms. The molecule has 4 heterocycles. The van der Waals surface area contributed by atoms with Gasteiger partial charge in [0.25, 0.3) is 11.8 Å². The van der Waals surface area contributed by atoms with Crippen LogP contribution in [0.4, 0.5) is 0 Å². The van der Waals surface area contributed by atoms with Gasteiger partial charge in [-0.3, -0.25) is 24.4 Å². The van der Waals surface area contributed by atoms with Gasteiger partial charge >= 0.3 is 5.97 Å². The van der Waals surface area contributed by atoms with Crippen LogP contribution in [-0.2, 0) is 38.7 Å². The van der Waals surface area contributed by atoms with Gasteiger partial charge in [-0.15, -0.1) is 0 Å². The van der Waals surface area contributed by atoms with Crippen molar-refractivity contribution < 1.29 is 37.1 Å². The van der Waals surface area contributed by atoms with E-state index in [0.29, 0.717) is 36.2 Å². The SMILES string of the molecule is CC1NC(=O)C(C(C)C)OC(=O)C2(C=Cc3ccc4ccc(nc4c3)C(C)NC(=O)C3CCCN(N3)C1=O)CN(S(C)(=O)=O)CCO2.